The van der Waals surface area contributed by atoms with Crippen molar-refractivity contribution in [2.75, 3.05) is 13.6 Å². The minimum atomic E-state index is -0.434. The number of ketones is 1. The van der Waals surface area contributed by atoms with Crippen LogP contribution in [0.15, 0.2) is 18.2 Å². The van der Waals surface area contributed by atoms with Crippen molar-refractivity contribution >= 4 is 5.78 Å². The van der Waals surface area contributed by atoms with E-state index in [2.05, 4.69) is 5.32 Å². The minimum absolute atomic E-state index is 0.152. The Morgan fingerprint density at radius 2 is 2.21 bits per heavy atom. The summed E-state index contributed by atoms with van der Waals surface area (Å²) in [6.07, 6.45) is 0.330. The van der Waals surface area contributed by atoms with Crippen LogP contribution in [0.3, 0.4) is 0 Å². The van der Waals surface area contributed by atoms with Crippen molar-refractivity contribution in [2.24, 2.45) is 0 Å². The maximum Gasteiger partial charge on any atom is 0.167 e. The molecule has 0 aliphatic rings. The van der Waals surface area contributed by atoms with Crippen LogP contribution in [0.1, 0.15) is 22.3 Å². The predicted octanol–water partition coefficient (Wildman–Crippen LogP) is 1.93. The third-order valence-electron chi connectivity index (χ3n) is 2.02. The maximum atomic E-state index is 13.2. The number of halogens is 1. The van der Waals surface area contributed by atoms with Crippen LogP contribution >= 0.6 is 0 Å². The molecule has 0 aromatic heterocycles. The smallest absolute Gasteiger partial charge is 0.167 e. The topological polar surface area (TPSA) is 29.1 Å². The minimum Gasteiger partial charge on any atom is -0.319 e. The van der Waals surface area contributed by atoms with Crippen molar-refractivity contribution in [3.05, 3.63) is 35.1 Å². The summed E-state index contributed by atoms with van der Waals surface area (Å²) < 4.78 is 13.2. The lowest BCUT2D eigenvalue weighted by molar-refractivity contribution is 0.0979. The zero-order chi connectivity index (χ0) is 10.6. The monoisotopic (exact) mass is 195 g/mol. The largest absolute Gasteiger partial charge is 0.319 e. The van der Waals surface area contributed by atoms with Crippen molar-refractivity contribution in [3.8, 4) is 0 Å². The van der Waals surface area contributed by atoms with E-state index >= 15 is 0 Å². The van der Waals surface area contributed by atoms with E-state index in [1.54, 1.807) is 19.2 Å². The first-order chi connectivity index (χ1) is 6.65. The van der Waals surface area contributed by atoms with Crippen LogP contribution < -0.4 is 5.32 Å². The molecule has 0 aliphatic heterocycles. The molecular weight excluding hydrogens is 181 g/mol. The Kier molecular flexibility index (Phi) is 3.77. The molecule has 1 aromatic rings. The molecule has 1 rings (SSSR count). The van der Waals surface area contributed by atoms with Crippen LogP contribution in [-0.4, -0.2) is 19.4 Å². The molecule has 76 valence electrons. The predicted molar refractivity (Wildman–Crippen MR) is 54.0 cm³/mol. The summed E-state index contributed by atoms with van der Waals surface area (Å²) in [7, 11) is 1.76. The summed E-state index contributed by atoms with van der Waals surface area (Å²) in [5.74, 6) is -0.586. The first-order valence-electron chi connectivity index (χ1n) is 4.59. The fraction of sp³-hybridized carbons (Fsp3) is 0.364. The number of benzene rings is 1. The molecule has 0 saturated carbocycles. The number of hydrogen-bond acceptors (Lipinski definition) is 2. The third kappa shape index (κ3) is 2.64. The Balaban J connectivity index is 2.83. The SMILES string of the molecule is CNCCC(=O)c1cc(C)ccc1F. The number of rotatable bonds is 4. The highest BCUT2D eigenvalue weighted by Gasteiger charge is 2.10. The van der Waals surface area contributed by atoms with Crippen molar-refractivity contribution < 1.29 is 9.18 Å². The molecule has 2 nitrogen and oxygen atoms in total. The van der Waals surface area contributed by atoms with Gasteiger partial charge in [-0.2, -0.15) is 0 Å². The molecule has 0 atom stereocenters. The first-order valence-corrected chi connectivity index (χ1v) is 4.59. The summed E-state index contributed by atoms with van der Waals surface area (Å²) >= 11 is 0. The van der Waals surface area contributed by atoms with Gasteiger partial charge in [0.05, 0.1) is 5.56 Å². The zero-order valence-electron chi connectivity index (χ0n) is 8.43. The average molecular weight is 195 g/mol. The average Bonchev–Trinajstić information content (AvgIpc) is 2.18. The summed E-state index contributed by atoms with van der Waals surface area (Å²) in [4.78, 5) is 11.5. The molecule has 3 heteroatoms. The van der Waals surface area contributed by atoms with E-state index in [-0.39, 0.29) is 11.3 Å². The second kappa shape index (κ2) is 4.86. The van der Waals surface area contributed by atoms with E-state index in [0.717, 1.165) is 5.56 Å². The fourth-order valence-corrected chi connectivity index (χ4v) is 1.23. The molecule has 0 radical (unpaired) electrons. The fourth-order valence-electron chi connectivity index (χ4n) is 1.23. The maximum absolute atomic E-state index is 13.2. The Labute approximate surface area is 83.1 Å². The first kappa shape index (κ1) is 10.9. The summed E-state index contributed by atoms with van der Waals surface area (Å²) in [5, 5.41) is 2.86. The van der Waals surface area contributed by atoms with Gasteiger partial charge in [0.2, 0.25) is 0 Å². The summed E-state index contributed by atoms with van der Waals surface area (Å²) in [6, 6.07) is 4.58. The normalized spacial score (nSPS) is 10.2. The highest BCUT2D eigenvalue weighted by atomic mass is 19.1. The van der Waals surface area contributed by atoms with Gasteiger partial charge in [-0.3, -0.25) is 4.79 Å². The highest BCUT2D eigenvalue weighted by molar-refractivity contribution is 5.96. The van der Waals surface area contributed by atoms with Crippen LogP contribution in [0, 0.1) is 12.7 Å². The standard InChI is InChI=1S/C11H14FNO/c1-8-3-4-10(12)9(7-8)11(14)5-6-13-2/h3-4,7,13H,5-6H2,1-2H3. The van der Waals surface area contributed by atoms with E-state index < -0.39 is 5.82 Å². The Morgan fingerprint density at radius 1 is 1.50 bits per heavy atom. The summed E-state index contributed by atoms with van der Waals surface area (Å²) in [6.45, 7) is 2.42. The molecular formula is C11H14FNO. The number of nitrogens with one attached hydrogen (secondary N) is 1. The van der Waals surface area contributed by atoms with E-state index in [9.17, 15) is 9.18 Å². The van der Waals surface area contributed by atoms with Gasteiger partial charge < -0.3 is 5.32 Å². The lowest BCUT2D eigenvalue weighted by Gasteiger charge is -2.03. The number of carbonyl (C=O) groups is 1. The Morgan fingerprint density at radius 3 is 2.86 bits per heavy atom. The van der Waals surface area contributed by atoms with Crippen molar-refractivity contribution in [3.63, 3.8) is 0 Å². The van der Waals surface area contributed by atoms with Gasteiger partial charge in [0.15, 0.2) is 5.78 Å². The van der Waals surface area contributed by atoms with Gasteiger partial charge in [0.1, 0.15) is 5.82 Å². The quantitative estimate of drug-likeness (QED) is 0.744. The lowest BCUT2D eigenvalue weighted by atomic mass is 10.1. The van der Waals surface area contributed by atoms with Gasteiger partial charge in [-0.05, 0) is 26.1 Å². The van der Waals surface area contributed by atoms with Crippen LogP contribution in [0.25, 0.3) is 0 Å². The Hall–Kier alpha value is -1.22. The van der Waals surface area contributed by atoms with Gasteiger partial charge in [-0.15, -0.1) is 0 Å². The molecule has 0 saturated heterocycles. The molecule has 14 heavy (non-hydrogen) atoms. The van der Waals surface area contributed by atoms with Crippen molar-refractivity contribution in [1.29, 1.82) is 0 Å². The van der Waals surface area contributed by atoms with E-state index in [1.807, 2.05) is 6.92 Å². The third-order valence-corrected chi connectivity index (χ3v) is 2.02. The second-order valence-corrected chi connectivity index (χ2v) is 3.26. The van der Waals surface area contributed by atoms with Crippen LogP contribution in [0.5, 0.6) is 0 Å². The molecule has 0 unspecified atom stereocenters. The molecule has 0 heterocycles. The highest BCUT2D eigenvalue weighted by Crippen LogP contribution is 2.11. The van der Waals surface area contributed by atoms with Gasteiger partial charge in [0.25, 0.3) is 0 Å². The van der Waals surface area contributed by atoms with E-state index in [4.69, 9.17) is 0 Å². The number of aryl methyl sites for hydroxylation is 1. The number of carbonyl (C=O) groups excluding carboxylic acids is 1. The van der Waals surface area contributed by atoms with Gasteiger partial charge >= 0.3 is 0 Å². The number of hydrogen-bond donors (Lipinski definition) is 1. The molecule has 0 aliphatic carbocycles. The van der Waals surface area contributed by atoms with E-state index in [1.165, 1.54) is 6.07 Å². The van der Waals surface area contributed by atoms with Gasteiger partial charge in [0, 0.05) is 13.0 Å². The van der Waals surface area contributed by atoms with Crippen LogP contribution in [-0.2, 0) is 0 Å². The number of Topliss-reactive ketones (excluding diaryl/α,β-unsaturated/α-hetero) is 1. The molecule has 1 N–H and O–H groups in total. The molecule has 0 bridgehead atoms. The van der Waals surface area contributed by atoms with Crippen molar-refractivity contribution in [1.82, 2.24) is 5.32 Å². The van der Waals surface area contributed by atoms with Crippen LogP contribution in [0.2, 0.25) is 0 Å². The van der Waals surface area contributed by atoms with E-state index in [0.29, 0.717) is 13.0 Å². The molecule has 1 aromatic carbocycles. The molecule has 0 amide bonds. The zero-order valence-corrected chi connectivity index (χ0v) is 8.43. The molecule has 0 spiro atoms. The van der Waals surface area contributed by atoms with Crippen LogP contribution in [0.4, 0.5) is 4.39 Å². The summed E-state index contributed by atoms with van der Waals surface area (Å²) in [5.41, 5.74) is 1.10. The van der Waals surface area contributed by atoms with Gasteiger partial charge in [-0.25, -0.2) is 4.39 Å². The molecule has 0 fully saturated rings. The Bertz CT molecular complexity index is 336. The van der Waals surface area contributed by atoms with Crippen molar-refractivity contribution in [2.45, 2.75) is 13.3 Å². The second-order valence-electron chi connectivity index (χ2n) is 3.26. The lowest BCUT2D eigenvalue weighted by Crippen LogP contribution is -2.14. The van der Waals surface area contributed by atoms with Gasteiger partial charge in [-0.1, -0.05) is 11.6 Å².